The topological polar surface area (TPSA) is 63.3 Å². The van der Waals surface area contributed by atoms with Crippen LogP contribution in [0.3, 0.4) is 0 Å². The van der Waals surface area contributed by atoms with Crippen LogP contribution in [0.4, 0.5) is 105 Å². The van der Waals surface area contributed by atoms with Crippen molar-refractivity contribution in [3.05, 3.63) is 172 Å². The van der Waals surface area contributed by atoms with Crippen LogP contribution >= 0.6 is 0 Å². The molecule has 0 saturated heterocycles. The summed E-state index contributed by atoms with van der Waals surface area (Å²) < 4.78 is 342. The van der Waals surface area contributed by atoms with Crippen LogP contribution in [-0.4, -0.2) is 22.2 Å². The Morgan fingerprint density at radius 1 is 0.397 bits per heavy atom. The Bertz CT molecular complexity index is 2530. The highest BCUT2D eigenvalue weighted by Crippen LogP contribution is 2.41. The van der Waals surface area contributed by atoms with Crippen LogP contribution in [0.5, 0.6) is 5.75 Å². The maximum absolute atomic E-state index is 14.2. The van der Waals surface area contributed by atoms with Crippen LogP contribution in [0.25, 0.3) is 0 Å². The molecule has 73 heavy (non-hydrogen) atoms. The number of carboxylic acid groups (broad SMARTS) is 1. The maximum atomic E-state index is 14.2. The van der Waals surface area contributed by atoms with Gasteiger partial charge in [-0.3, -0.25) is 4.98 Å². The number of aromatic carboxylic acids is 1. The van der Waals surface area contributed by atoms with Gasteiger partial charge in [-0.2, -0.15) is 127 Å². The standard InChI is InChI=1S/C32H12BF24.C11H8N2O3/c34-25(35,36)13-1-14(26(37,38)39)6-21(5-13)33(22-7-15(27(40,41)42)2-16(8-22)28(43,44)45,23-9-17(29(46,47)48)3-18(10-23)30(49,50)51)24-11-19(31(52,53)54)4-20(12-24)32(55,56)57;14-11(15)9-2-1-3-10(8-9)16-13-6-4-12-5-7-13/h1-12H;1-8H/q-1;/p+1. The van der Waals surface area contributed by atoms with Crippen LogP contribution in [0.15, 0.2) is 122 Å². The number of alkyl halides is 24. The molecule has 5 aromatic carbocycles. The van der Waals surface area contributed by atoms with E-state index in [-0.39, 0.29) is 5.56 Å². The van der Waals surface area contributed by atoms with Crippen molar-refractivity contribution in [2.75, 3.05) is 0 Å². The van der Waals surface area contributed by atoms with E-state index in [0.29, 0.717) is 5.75 Å². The molecule has 0 bridgehead atoms. The summed E-state index contributed by atoms with van der Waals surface area (Å²) in [5, 5.41) is 8.80. The number of hydrogen-bond acceptors (Lipinski definition) is 3. The van der Waals surface area contributed by atoms with Gasteiger partial charge in [-0.25, -0.2) is 9.63 Å². The number of rotatable bonds is 7. The first-order valence-electron chi connectivity index (χ1n) is 19.2. The predicted octanol–water partition coefficient (Wildman–Crippen LogP) is 12.1. The van der Waals surface area contributed by atoms with E-state index in [0.717, 1.165) is 0 Å². The first kappa shape index (κ1) is 56.7. The zero-order chi connectivity index (χ0) is 55.3. The summed E-state index contributed by atoms with van der Waals surface area (Å²) in [6.45, 7) is 0. The molecule has 392 valence electrons. The number of nitrogens with zero attached hydrogens (tertiary/aromatic N) is 2. The van der Waals surface area contributed by atoms with E-state index in [1.165, 1.54) is 16.9 Å². The zero-order valence-corrected chi connectivity index (χ0v) is 34.9. The lowest BCUT2D eigenvalue weighted by Crippen LogP contribution is -2.75. The minimum atomic E-state index is -6.13. The van der Waals surface area contributed by atoms with Gasteiger partial charge in [-0.15, -0.1) is 0 Å². The van der Waals surface area contributed by atoms with Crippen molar-refractivity contribution in [3.63, 3.8) is 0 Å². The van der Waals surface area contributed by atoms with Gasteiger partial charge in [0, 0.05) is 10.8 Å². The van der Waals surface area contributed by atoms with E-state index in [2.05, 4.69) is 4.98 Å². The molecule has 30 heteroatoms. The second-order valence-corrected chi connectivity index (χ2v) is 15.3. The Morgan fingerprint density at radius 2 is 0.644 bits per heavy atom. The lowest BCUT2D eigenvalue weighted by molar-refractivity contribution is -0.875. The van der Waals surface area contributed by atoms with Crippen molar-refractivity contribution >= 4 is 34.0 Å². The fourth-order valence-corrected chi connectivity index (χ4v) is 7.25. The van der Waals surface area contributed by atoms with Crippen molar-refractivity contribution in [1.29, 1.82) is 0 Å². The van der Waals surface area contributed by atoms with Gasteiger partial charge in [0.15, 0.2) is 0 Å². The summed E-state index contributed by atoms with van der Waals surface area (Å²) in [4.78, 5) is 20.0. The summed E-state index contributed by atoms with van der Waals surface area (Å²) in [5.74, 6) is -0.527. The molecule has 0 aliphatic carbocycles. The van der Waals surface area contributed by atoms with Gasteiger partial charge >= 0.3 is 55.4 Å². The Morgan fingerprint density at radius 3 is 0.863 bits per heavy atom. The molecule has 0 atom stereocenters. The fraction of sp³-hybridized carbons (Fsp3) is 0.186. The monoisotopic (exact) mass is 1080 g/mol. The molecule has 5 nitrogen and oxygen atoms in total. The molecule has 1 N–H and O–H groups in total. The molecule has 6 rings (SSSR count). The molecule has 1 aromatic heterocycles. The van der Waals surface area contributed by atoms with Gasteiger partial charge in [0.05, 0.1) is 62.5 Å². The molecule has 0 radical (unpaired) electrons. The van der Waals surface area contributed by atoms with Crippen LogP contribution in [0.1, 0.15) is 54.9 Å². The molecule has 0 amide bonds. The quantitative estimate of drug-likeness (QED) is 0.0983. The third kappa shape index (κ3) is 13.3. The molecule has 0 unspecified atom stereocenters. The molecule has 0 aliphatic heterocycles. The van der Waals surface area contributed by atoms with Crippen LogP contribution in [0.2, 0.25) is 0 Å². The lowest BCUT2D eigenvalue weighted by atomic mass is 9.12. The summed E-state index contributed by atoms with van der Waals surface area (Å²) >= 11 is 0. The number of halogens is 24. The highest BCUT2D eigenvalue weighted by atomic mass is 19.4. The molecule has 1 heterocycles. The molecule has 0 spiro atoms. The number of carboxylic acids is 1. The molecule has 0 aliphatic rings. The van der Waals surface area contributed by atoms with E-state index >= 15 is 0 Å². The molecule has 0 saturated carbocycles. The van der Waals surface area contributed by atoms with Crippen molar-refractivity contribution < 1.29 is 125 Å². The van der Waals surface area contributed by atoms with Crippen molar-refractivity contribution in [1.82, 2.24) is 4.98 Å². The SMILES string of the molecule is FC(F)(F)c1cc([B-](c2cc(C(F)(F)F)cc(C(F)(F)F)c2)(c2cc(C(F)(F)F)cc(C(F)(F)F)c2)c2cc(C(F)(F)F)cc(C(F)(F)F)c2)cc(C(F)(F)F)c1.O=C(O)c1cccc(O[n+]2ccncc2)c1. The second-order valence-electron chi connectivity index (χ2n) is 15.3. The van der Waals surface area contributed by atoms with Gasteiger partial charge in [-0.1, -0.05) is 54.6 Å². The Hall–Kier alpha value is -7.17. The van der Waals surface area contributed by atoms with Gasteiger partial charge in [0.2, 0.25) is 18.1 Å². The van der Waals surface area contributed by atoms with Crippen molar-refractivity contribution in [2.24, 2.45) is 0 Å². The number of carbonyl (C=O) groups is 1. The highest BCUT2D eigenvalue weighted by Gasteiger charge is 2.47. The number of aromatic nitrogens is 2. The first-order valence-corrected chi connectivity index (χ1v) is 19.2. The van der Waals surface area contributed by atoms with Crippen LogP contribution < -0.4 is 31.4 Å². The number of benzene rings is 5. The Kier molecular flexibility index (Phi) is 15.0. The largest absolute Gasteiger partial charge is 0.478 e. The average Bonchev–Trinajstić information content (AvgIpc) is 3.24. The molecule has 6 aromatic rings. The minimum absolute atomic E-state index is 0.187. The van der Waals surface area contributed by atoms with Gasteiger partial charge < -0.3 is 5.11 Å². The van der Waals surface area contributed by atoms with Crippen LogP contribution in [-0.2, 0) is 49.4 Å². The van der Waals surface area contributed by atoms with Crippen molar-refractivity contribution in [2.45, 2.75) is 49.4 Å². The highest BCUT2D eigenvalue weighted by molar-refractivity contribution is 7.20. The molecule has 0 fully saturated rings. The summed E-state index contributed by atoms with van der Waals surface area (Å²) in [5.41, 5.74) is -30.0. The Balaban J connectivity index is 0.000000520. The van der Waals surface area contributed by atoms with E-state index in [1.807, 2.05) is 0 Å². The van der Waals surface area contributed by atoms with Gasteiger partial charge in [0.25, 0.3) is 0 Å². The summed E-state index contributed by atoms with van der Waals surface area (Å²) in [6, 6.07) is -2.54. The summed E-state index contributed by atoms with van der Waals surface area (Å²) in [7, 11) is 0. The number of hydrogen-bond donors (Lipinski definition) is 1. The first-order chi connectivity index (χ1) is 33.0. The van der Waals surface area contributed by atoms with E-state index in [4.69, 9.17) is 9.94 Å². The third-order valence-corrected chi connectivity index (χ3v) is 10.3. The summed E-state index contributed by atoms with van der Waals surface area (Å²) in [6.07, 6.45) is -48.4. The van der Waals surface area contributed by atoms with Gasteiger partial charge in [0.1, 0.15) is 6.15 Å². The predicted molar refractivity (Wildman–Crippen MR) is 204 cm³/mol. The second kappa shape index (κ2) is 19.4. The smallest absolute Gasteiger partial charge is 0.416 e. The molecular formula is C43H21BF24N2O3. The van der Waals surface area contributed by atoms with Crippen LogP contribution in [0, 0.1) is 0 Å². The van der Waals surface area contributed by atoms with E-state index < -0.39 is 201 Å². The average molecular weight is 1080 g/mol. The zero-order valence-electron chi connectivity index (χ0n) is 34.9. The molecular weight excluding hydrogens is 1060 g/mol. The minimum Gasteiger partial charge on any atom is -0.478 e. The fourth-order valence-electron chi connectivity index (χ4n) is 7.25. The van der Waals surface area contributed by atoms with E-state index in [9.17, 15) is 110 Å². The Labute approximate surface area is 390 Å². The lowest BCUT2D eigenvalue weighted by Gasteiger charge is -2.46. The van der Waals surface area contributed by atoms with E-state index in [1.54, 1.807) is 36.9 Å². The maximum Gasteiger partial charge on any atom is 0.416 e. The van der Waals surface area contributed by atoms with Crippen molar-refractivity contribution in [3.8, 4) is 5.75 Å². The normalized spacial score (nSPS) is 13.3. The third-order valence-electron chi connectivity index (χ3n) is 10.3. The van der Waals surface area contributed by atoms with Gasteiger partial charge in [-0.05, 0) is 36.4 Å².